The Balaban J connectivity index is 2.71. The molecule has 1 aromatic carbocycles. The molecule has 2 aromatic rings. The number of rotatable bonds is 3. The zero-order chi connectivity index (χ0) is 11.5. The molecule has 1 aromatic heterocycles. The largest absolute Gasteiger partial charge is 0.477 e. The van der Waals surface area contributed by atoms with Gasteiger partial charge >= 0.3 is 0 Å². The number of benzene rings is 1. The fraction of sp³-hybridized carbons (Fsp3) is 0.100. The number of hydrogen-bond acceptors (Lipinski definition) is 4. The second-order valence-corrected chi connectivity index (χ2v) is 3.21. The van der Waals surface area contributed by atoms with Crippen molar-refractivity contribution in [2.75, 3.05) is 6.07 Å². The van der Waals surface area contributed by atoms with E-state index in [0.29, 0.717) is 16.7 Å². The van der Waals surface area contributed by atoms with E-state index in [1.807, 2.05) is 0 Å². The maximum atomic E-state index is 10.8. The summed E-state index contributed by atoms with van der Waals surface area (Å²) in [5.74, 6) is 0.490. The summed E-state index contributed by atoms with van der Waals surface area (Å²) in [5.41, 5.74) is 0.257. The van der Waals surface area contributed by atoms with Crippen molar-refractivity contribution in [3.8, 4) is 5.75 Å². The first-order chi connectivity index (χ1) is 7.74. The molecule has 0 aliphatic heterocycles. The molecule has 5 nitrogen and oxygen atoms in total. The van der Waals surface area contributed by atoms with Crippen molar-refractivity contribution in [2.45, 2.75) is 0 Å². The van der Waals surface area contributed by atoms with E-state index in [1.165, 1.54) is 18.3 Å². The number of fused-ring (bicyclic) bond motifs is 1. The van der Waals surface area contributed by atoms with Gasteiger partial charge in [-0.15, -0.1) is 0 Å². The van der Waals surface area contributed by atoms with Gasteiger partial charge in [-0.05, 0) is 18.2 Å². The van der Waals surface area contributed by atoms with Crippen LogP contribution in [0.1, 0.15) is 0 Å². The fourth-order valence-electron chi connectivity index (χ4n) is 1.46. The number of halogens is 1. The molecule has 6 heteroatoms. The lowest BCUT2D eigenvalue weighted by atomic mass is 10.2. The van der Waals surface area contributed by atoms with Gasteiger partial charge in [0.05, 0.1) is 4.92 Å². The van der Waals surface area contributed by atoms with E-state index in [4.69, 9.17) is 16.3 Å². The summed E-state index contributed by atoms with van der Waals surface area (Å²) in [5, 5.41) is 11.4. The number of nitro groups is 1. The van der Waals surface area contributed by atoms with E-state index < -0.39 is 4.92 Å². The maximum absolute atomic E-state index is 10.8. The van der Waals surface area contributed by atoms with E-state index in [0.717, 1.165) is 0 Å². The summed E-state index contributed by atoms with van der Waals surface area (Å²) in [6.45, 7) is 0. The van der Waals surface area contributed by atoms with Gasteiger partial charge in [-0.2, -0.15) is 0 Å². The molecule has 0 aliphatic carbocycles. The minimum Gasteiger partial charge on any atom is -0.477 e. The third kappa shape index (κ3) is 1.77. The summed E-state index contributed by atoms with van der Waals surface area (Å²) in [6.07, 6.45) is 1.50. The van der Waals surface area contributed by atoms with Crippen LogP contribution in [0.15, 0.2) is 30.5 Å². The number of aromatic nitrogens is 1. The molecule has 1 heterocycles. The smallest absolute Gasteiger partial charge is 0.295 e. The molecule has 0 aliphatic rings. The van der Waals surface area contributed by atoms with Gasteiger partial charge in [0.15, 0.2) is 11.6 Å². The standard InChI is InChI=1S/C10H7ClN2O3/c11-6-16-9-4-3-8(13(14)15)10-7(9)2-1-5-12-10/h1-5H,6H2. The van der Waals surface area contributed by atoms with Crippen molar-refractivity contribution in [1.29, 1.82) is 0 Å². The van der Waals surface area contributed by atoms with Crippen LogP contribution in [0.3, 0.4) is 0 Å². The Kier molecular flexibility index (Phi) is 2.87. The van der Waals surface area contributed by atoms with Gasteiger partial charge in [0, 0.05) is 17.6 Å². The van der Waals surface area contributed by atoms with Gasteiger partial charge < -0.3 is 4.74 Å². The summed E-state index contributed by atoms with van der Waals surface area (Å²) < 4.78 is 5.16. The molecule has 2 rings (SSSR count). The quantitative estimate of drug-likeness (QED) is 0.468. The highest BCUT2D eigenvalue weighted by Gasteiger charge is 2.15. The van der Waals surface area contributed by atoms with E-state index in [-0.39, 0.29) is 11.8 Å². The van der Waals surface area contributed by atoms with Crippen molar-refractivity contribution in [3.63, 3.8) is 0 Å². The molecule has 0 bridgehead atoms. The summed E-state index contributed by atoms with van der Waals surface area (Å²) >= 11 is 5.46. The van der Waals surface area contributed by atoms with Gasteiger partial charge in [0.1, 0.15) is 5.75 Å². The van der Waals surface area contributed by atoms with Crippen LogP contribution in [0.25, 0.3) is 10.9 Å². The van der Waals surface area contributed by atoms with Crippen LogP contribution in [-0.2, 0) is 0 Å². The Bertz CT molecular complexity index is 545. The molecule has 0 N–H and O–H groups in total. The van der Waals surface area contributed by atoms with Crippen LogP contribution >= 0.6 is 11.6 Å². The SMILES string of the molecule is O=[N+]([O-])c1ccc(OCCl)c2cccnc12. The average molecular weight is 239 g/mol. The Morgan fingerprint density at radius 2 is 2.25 bits per heavy atom. The van der Waals surface area contributed by atoms with Crippen LogP contribution in [0.4, 0.5) is 5.69 Å². The van der Waals surface area contributed by atoms with Crippen molar-refractivity contribution >= 4 is 28.2 Å². The molecular formula is C10H7ClN2O3. The Hall–Kier alpha value is -1.88. The molecule has 0 unspecified atom stereocenters. The first kappa shape index (κ1) is 10.6. The maximum Gasteiger partial charge on any atom is 0.295 e. The zero-order valence-electron chi connectivity index (χ0n) is 8.09. The first-order valence-corrected chi connectivity index (χ1v) is 4.98. The third-order valence-corrected chi connectivity index (χ3v) is 2.22. The lowest BCUT2D eigenvalue weighted by molar-refractivity contribution is -0.383. The number of pyridine rings is 1. The second kappa shape index (κ2) is 4.32. The van der Waals surface area contributed by atoms with Crippen molar-refractivity contribution in [1.82, 2.24) is 4.98 Å². The highest BCUT2D eigenvalue weighted by molar-refractivity contribution is 6.17. The topological polar surface area (TPSA) is 65.3 Å². The number of nitrogens with zero attached hydrogens (tertiary/aromatic N) is 2. The first-order valence-electron chi connectivity index (χ1n) is 4.45. The Labute approximate surface area is 95.8 Å². The number of nitro benzene ring substituents is 1. The minimum absolute atomic E-state index is 0.0121. The van der Waals surface area contributed by atoms with Gasteiger partial charge in [-0.1, -0.05) is 11.6 Å². The van der Waals surface area contributed by atoms with Crippen molar-refractivity contribution < 1.29 is 9.66 Å². The molecule has 0 amide bonds. The van der Waals surface area contributed by atoms with E-state index in [9.17, 15) is 10.1 Å². The van der Waals surface area contributed by atoms with E-state index >= 15 is 0 Å². The zero-order valence-corrected chi connectivity index (χ0v) is 8.85. The lowest BCUT2D eigenvalue weighted by Gasteiger charge is -2.05. The highest BCUT2D eigenvalue weighted by atomic mass is 35.5. The summed E-state index contributed by atoms with van der Waals surface area (Å²) in [7, 11) is 0. The molecule has 16 heavy (non-hydrogen) atoms. The molecule has 0 radical (unpaired) electrons. The van der Waals surface area contributed by atoms with Gasteiger partial charge in [-0.25, -0.2) is 4.98 Å². The number of non-ortho nitro benzene ring substituents is 1. The van der Waals surface area contributed by atoms with E-state index in [2.05, 4.69) is 4.98 Å². The van der Waals surface area contributed by atoms with Gasteiger partial charge in [0.25, 0.3) is 5.69 Å². The third-order valence-electron chi connectivity index (χ3n) is 2.12. The predicted molar refractivity (Wildman–Crippen MR) is 59.7 cm³/mol. The van der Waals surface area contributed by atoms with Crippen LogP contribution in [0, 0.1) is 10.1 Å². The predicted octanol–water partition coefficient (Wildman–Crippen LogP) is 2.72. The molecule has 0 saturated carbocycles. The number of ether oxygens (including phenoxy) is 1. The molecule has 0 atom stereocenters. The number of hydrogen-bond donors (Lipinski definition) is 0. The molecule has 0 spiro atoms. The molecule has 0 fully saturated rings. The Morgan fingerprint density at radius 3 is 2.94 bits per heavy atom. The summed E-state index contributed by atoms with van der Waals surface area (Å²) in [6, 6.07) is 6.26. The van der Waals surface area contributed by atoms with Crippen molar-refractivity contribution in [3.05, 3.63) is 40.6 Å². The van der Waals surface area contributed by atoms with Crippen LogP contribution in [0.5, 0.6) is 5.75 Å². The second-order valence-electron chi connectivity index (χ2n) is 2.99. The van der Waals surface area contributed by atoms with Crippen LogP contribution in [0.2, 0.25) is 0 Å². The Morgan fingerprint density at radius 1 is 1.44 bits per heavy atom. The number of alkyl halides is 1. The molecule has 0 saturated heterocycles. The van der Waals surface area contributed by atoms with Crippen LogP contribution in [-0.4, -0.2) is 16.0 Å². The molecular weight excluding hydrogens is 232 g/mol. The lowest BCUT2D eigenvalue weighted by Crippen LogP contribution is -1.95. The minimum atomic E-state index is -0.472. The average Bonchev–Trinajstić information content (AvgIpc) is 2.29. The normalized spacial score (nSPS) is 10.3. The fourth-order valence-corrected chi connectivity index (χ4v) is 1.58. The van der Waals surface area contributed by atoms with Crippen molar-refractivity contribution in [2.24, 2.45) is 0 Å². The van der Waals surface area contributed by atoms with Gasteiger partial charge in [0.2, 0.25) is 0 Å². The van der Waals surface area contributed by atoms with Crippen LogP contribution < -0.4 is 4.74 Å². The molecule has 82 valence electrons. The van der Waals surface area contributed by atoms with Gasteiger partial charge in [-0.3, -0.25) is 10.1 Å². The highest BCUT2D eigenvalue weighted by Crippen LogP contribution is 2.31. The summed E-state index contributed by atoms with van der Waals surface area (Å²) in [4.78, 5) is 14.3. The van der Waals surface area contributed by atoms with E-state index in [1.54, 1.807) is 12.1 Å². The monoisotopic (exact) mass is 238 g/mol.